The summed E-state index contributed by atoms with van der Waals surface area (Å²) in [6, 6.07) is 19.1. The molecule has 0 aliphatic carbocycles. The Kier molecular flexibility index (Phi) is 3.53. The van der Waals surface area contributed by atoms with Crippen molar-refractivity contribution in [3.63, 3.8) is 0 Å². The third-order valence-electron chi connectivity index (χ3n) is 3.40. The minimum absolute atomic E-state index is 0.0679. The maximum Gasteiger partial charge on any atom is 0.126 e. The Balaban J connectivity index is 1.73. The zero-order valence-corrected chi connectivity index (χ0v) is 12.6. The fraction of sp³-hybridized carbons (Fsp3) is 0.235. The molecule has 0 fully saturated rings. The van der Waals surface area contributed by atoms with Crippen LogP contribution >= 0.6 is 11.8 Å². The summed E-state index contributed by atoms with van der Waals surface area (Å²) in [5, 5.41) is 5.59. The third kappa shape index (κ3) is 2.88. The molecule has 3 rings (SSSR count). The van der Waals surface area contributed by atoms with Gasteiger partial charge in [-0.3, -0.25) is 5.43 Å². The second-order valence-electron chi connectivity index (χ2n) is 5.39. The average Bonchev–Trinajstić information content (AvgIpc) is 2.83. The number of hydrogen-bond donors (Lipinski definition) is 1. The maximum atomic E-state index is 4.51. The van der Waals surface area contributed by atoms with Crippen LogP contribution in [0.15, 0.2) is 59.7 Å². The molecular weight excluding hydrogens is 264 g/mol. The Labute approximate surface area is 124 Å². The summed E-state index contributed by atoms with van der Waals surface area (Å²) >= 11 is 1.81. The van der Waals surface area contributed by atoms with Crippen LogP contribution in [0.5, 0.6) is 0 Å². The van der Waals surface area contributed by atoms with Crippen LogP contribution in [0.1, 0.15) is 23.6 Å². The summed E-state index contributed by atoms with van der Waals surface area (Å²) in [4.78, 5) is -0.0679. The lowest BCUT2D eigenvalue weighted by atomic mass is 10.1. The number of hydrazone groups is 1. The molecule has 0 spiro atoms. The first-order valence-electron chi connectivity index (χ1n) is 6.79. The molecule has 1 atom stereocenters. The van der Waals surface area contributed by atoms with E-state index in [0.717, 1.165) is 11.5 Å². The molecule has 0 saturated heterocycles. The molecule has 2 aromatic rings. The number of aryl methyl sites for hydroxylation is 1. The minimum Gasteiger partial charge on any atom is -0.292 e. The highest BCUT2D eigenvalue weighted by Gasteiger charge is 2.32. The summed E-state index contributed by atoms with van der Waals surface area (Å²) in [7, 11) is 0. The molecule has 0 bridgehead atoms. The molecule has 2 aromatic carbocycles. The van der Waals surface area contributed by atoms with Crippen molar-refractivity contribution in [2.75, 3.05) is 0 Å². The molecule has 1 aliphatic rings. The van der Waals surface area contributed by atoms with Crippen LogP contribution in [0.25, 0.3) is 0 Å². The van der Waals surface area contributed by atoms with Crippen LogP contribution in [0.3, 0.4) is 0 Å². The van der Waals surface area contributed by atoms with Crippen LogP contribution in [0.2, 0.25) is 0 Å². The summed E-state index contributed by atoms with van der Waals surface area (Å²) in [6.07, 6.45) is 0.956. The lowest BCUT2D eigenvalue weighted by Gasteiger charge is -2.22. The molecule has 20 heavy (non-hydrogen) atoms. The number of thioether (sulfide) groups is 1. The summed E-state index contributed by atoms with van der Waals surface area (Å²) in [5.41, 5.74) is 7.09. The standard InChI is InChI=1S/C17H18N2S/c1-13-8-10-15(11-9-13)16-18-19-17(2,20-16)12-14-6-4-3-5-7-14/h3-11,19H,12H2,1-2H3/t17-/m1/s1. The molecule has 0 radical (unpaired) electrons. The average molecular weight is 282 g/mol. The first-order valence-corrected chi connectivity index (χ1v) is 7.61. The molecule has 2 nitrogen and oxygen atoms in total. The monoisotopic (exact) mass is 282 g/mol. The van der Waals surface area contributed by atoms with Crippen LogP contribution < -0.4 is 5.43 Å². The van der Waals surface area contributed by atoms with Crippen LogP contribution in [0, 0.1) is 6.92 Å². The van der Waals surface area contributed by atoms with Gasteiger partial charge in [-0.1, -0.05) is 71.9 Å². The van der Waals surface area contributed by atoms with Gasteiger partial charge in [0.25, 0.3) is 0 Å². The van der Waals surface area contributed by atoms with Crippen molar-refractivity contribution in [2.24, 2.45) is 5.10 Å². The van der Waals surface area contributed by atoms with E-state index in [1.165, 1.54) is 16.7 Å². The van der Waals surface area contributed by atoms with Crippen LogP contribution in [-0.2, 0) is 6.42 Å². The maximum absolute atomic E-state index is 4.51. The molecule has 0 aromatic heterocycles. The van der Waals surface area contributed by atoms with E-state index in [0.29, 0.717) is 0 Å². The zero-order valence-electron chi connectivity index (χ0n) is 11.8. The highest BCUT2D eigenvalue weighted by atomic mass is 32.2. The van der Waals surface area contributed by atoms with Gasteiger partial charge in [-0.25, -0.2) is 0 Å². The first-order chi connectivity index (χ1) is 9.65. The Morgan fingerprint density at radius 3 is 2.45 bits per heavy atom. The first kappa shape index (κ1) is 13.3. The van der Waals surface area contributed by atoms with Gasteiger partial charge < -0.3 is 0 Å². The Bertz CT molecular complexity index is 619. The van der Waals surface area contributed by atoms with Crippen molar-refractivity contribution in [1.29, 1.82) is 0 Å². The highest BCUT2D eigenvalue weighted by molar-refractivity contribution is 8.15. The van der Waals surface area contributed by atoms with Crippen LogP contribution in [-0.4, -0.2) is 9.91 Å². The van der Waals surface area contributed by atoms with Crippen molar-refractivity contribution in [3.05, 3.63) is 71.3 Å². The van der Waals surface area contributed by atoms with Gasteiger partial charge in [0.05, 0.1) is 0 Å². The van der Waals surface area contributed by atoms with E-state index in [1.54, 1.807) is 11.8 Å². The number of hydrogen-bond acceptors (Lipinski definition) is 3. The second kappa shape index (κ2) is 5.33. The topological polar surface area (TPSA) is 24.4 Å². The van der Waals surface area contributed by atoms with Crippen molar-refractivity contribution < 1.29 is 0 Å². The Hall–Kier alpha value is -1.74. The minimum atomic E-state index is -0.0679. The zero-order chi connectivity index (χ0) is 14.0. The van der Waals surface area contributed by atoms with Crippen LogP contribution in [0.4, 0.5) is 0 Å². The molecule has 102 valence electrons. The van der Waals surface area contributed by atoms with E-state index in [-0.39, 0.29) is 4.87 Å². The van der Waals surface area contributed by atoms with Gasteiger partial charge in [-0.05, 0) is 19.4 Å². The number of nitrogens with one attached hydrogen (secondary N) is 1. The van der Waals surface area contributed by atoms with Crippen molar-refractivity contribution in [3.8, 4) is 0 Å². The lowest BCUT2D eigenvalue weighted by molar-refractivity contribution is 0.532. The predicted octanol–water partition coefficient (Wildman–Crippen LogP) is 3.95. The van der Waals surface area contributed by atoms with Gasteiger partial charge in [-0.15, -0.1) is 0 Å². The van der Waals surface area contributed by atoms with E-state index >= 15 is 0 Å². The largest absolute Gasteiger partial charge is 0.292 e. The van der Waals surface area contributed by atoms with E-state index in [1.807, 2.05) is 0 Å². The Morgan fingerprint density at radius 1 is 1.05 bits per heavy atom. The van der Waals surface area contributed by atoms with Gasteiger partial charge in [0, 0.05) is 12.0 Å². The predicted molar refractivity (Wildman–Crippen MR) is 87.0 cm³/mol. The SMILES string of the molecule is Cc1ccc(C2=NN[C@@](C)(Cc3ccccc3)S2)cc1. The smallest absolute Gasteiger partial charge is 0.126 e. The number of benzene rings is 2. The Morgan fingerprint density at radius 2 is 1.75 bits per heavy atom. The molecule has 1 N–H and O–H groups in total. The molecule has 0 unspecified atom stereocenters. The third-order valence-corrected chi connectivity index (χ3v) is 4.61. The van der Waals surface area contributed by atoms with Gasteiger partial charge in [0.15, 0.2) is 0 Å². The number of nitrogens with zero attached hydrogens (tertiary/aromatic N) is 1. The van der Waals surface area contributed by atoms with Gasteiger partial charge in [-0.2, -0.15) is 5.10 Å². The van der Waals surface area contributed by atoms with Crippen molar-refractivity contribution in [1.82, 2.24) is 5.43 Å². The van der Waals surface area contributed by atoms with E-state index in [4.69, 9.17) is 0 Å². The lowest BCUT2D eigenvalue weighted by Crippen LogP contribution is -2.34. The van der Waals surface area contributed by atoms with Crippen molar-refractivity contribution >= 4 is 16.8 Å². The van der Waals surface area contributed by atoms with E-state index < -0.39 is 0 Å². The molecule has 3 heteroatoms. The normalized spacial score (nSPS) is 21.4. The fourth-order valence-corrected chi connectivity index (χ4v) is 3.41. The summed E-state index contributed by atoms with van der Waals surface area (Å²) in [6.45, 7) is 4.31. The van der Waals surface area contributed by atoms with E-state index in [9.17, 15) is 0 Å². The summed E-state index contributed by atoms with van der Waals surface area (Å²) < 4.78 is 0. The van der Waals surface area contributed by atoms with Gasteiger partial charge in [0.1, 0.15) is 9.91 Å². The quantitative estimate of drug-likeness (QED) is 0.921. The van der Waals surface area contributed by atoms with Gasteiger partial charge in [0.2, 0.25) is 0 Å². The molecule has 0 saturated carbocycles. The second-order valence-corrected chi connectivity index (χ2v) is 6.88. The van der Waals surface area contributed by atoms with E-state index in [2.05, 4.69) is 79.0 Å². The summed E-state index contributed by atoms with van der Waals surface area (Å²) in [5.74, 6) is 0. The molecule has 0 amide bonds. The molecule has 1 heterocycles. The highest BCUT2D eigenvalue weighted by Crippen LogP contribution is 2.34. The molecule has 1 aliphatic heterocycles. The fourth-order valence-electron chi connectivity index (χ4n) is 2.31. The van der Waals surface area contributed by atoms with Crippen molar-refractivity contribution in [2.45, 2.75) is 25.1 Å². The molecular formula is C17H18N2S. The number of rotatable bonds is 3. The van der Waals surface area contributed by atoms with Gasteiger partial charge >= 0.3 is 0 Å².